The molecule has 2 atom stereocenters. The Morgan fingerprint density at radius 1 is 1.40 bits per heavy atom. The number of carbonyl (C=O) groups is 1. The van der Waals surface area contributed by atoms with Gasteiger partial charge in [0.15, 0.2) is 0 Å². The number of ether oxygens (including phenoxy) is 1. The molecule has 2 nitrogen and oxygen atoms in total. The summed E-state index contributed by atoms with van der Waals surface area (Å²) in [6, 6.07) is 0. The third kappa shape index (κ3) is 2.31. The first-order chi connectivity index (χ1) is 6.95. The fourth-order valence-corrected chi connectivity index (χ4v) is 2.17. The van der Waals surface area contributed by atoms with Gasteiger partial charge in [0.2, 0.25) is 0 Å². The lowest BCUT2D eigenvalue weighted by Gasteiger charge is -1.99. The van der Waals surface area contributed by atoms with Gasteiger partial charge >= 0.3 is 5.97 Å². The zero-order valence-electron chi connectivity index (χ0n) is 10.2. The predicted molar refractivity (Wildman–Crippen MR) is 61.3 cm³/mol. The molecule has 0 heterocycles. The number of allylic oxidation sites excluding steroid dienone is 4. The smallest absolute Gasteiger partial charge is 0.309 e. The van der Waals surface area contributed by atoms with E-state index < -0.39 is 0 Å². The summed E-state index contributed by atoms with van der Waals surface area (Å²) in [5, 5.41) is 0. The summed E-state index contributed by atoms with van der Waals surface area (Å²) in [5.74, 6) is 0.262. The molecule has 1 rings (SSSR count). The van der Waals surface area contributed by atoms with Crippen molar-refractivity contribution in [1.82, 2.24) is 0 Å². The molecule has 0 spiro atoms. The molecule has 0 N–H and O–H groups in total. The first kappa shape index (κ1) is 12.0. The molecule has 1 fully saturated rings. The van der Waals surface area contributed by atoms with E-state index in [4.69, 9.17) is 4.74 Å². The van der Waals surface area contributed by atoms with Gasteiger partial charge in [-0.1, -0.05) is 37.6 Å². The summed E-state index contributed by atoms with van der Waals surface area (Å²) in [7, 11) is 1.45. The molecule has 84 valence electrons. The van der Waals surface area contributed by atoms with E-state index in [-0.39, 0.29) is 17.3 Å². The molecule has 0 amide bonds. The number of hydrogen-bond acceptors (Lipinski definition) is 2. The highest BCUT2D eigenvalue weighted by Gasteiger charge is 2.61. The summed E-state index contributed by atoms with van der Waals surface area (Å²) in [4.78, 5) is 11.5. The van der Waals surface area contributed by atoms with Gasteiger partial charge in [-0.05, 0) is 25.2 Å². The molecule has 0 bridgehead atoms. The lowest BCUT2D eigenvalue weighted by atomic mass is 10.1. The van der Waals surface area contributed by atoms with Crippen molar-refractivity contribution in [2.45, 2.75) is 27.7 Å². The molecule has 1 aliphatic carbocycles. The summed E-state index contributed by atoms with van der Waals surface area (Å²) in [5.41, 5.74) is 1.26. The maximum Gasteiger partial charge on any atom is 0.309 e. The third-order valence-electron chi connectivity index (χ3n) is 3.24. The molecule has 2 heteroatoms. The zero-order valence-corrected chi connectivity index (χ0v) is 10.2. The topological polar surface area (TPSA) is 26.3 Å². The van der Waals surface area contributed by atoms with Crippen molar-refractivity contribution in [2.75, 3.05) is 7.11 Å². The van der Waals surface area contributed by atoms with Crippen LogP contribution >= 0.6 is 0 Å². The lowest BCUT2D eigenvalue weighted by Crippen LogP contribution is -2.07. The van der Waals surface area contributed by atoms with Crippen molar-refractivity contribution in [3.05, 3.63) is 23.8 Å². The SMILES string of the molecule is CC=CC(C)=C[C@@H]1[C@@H](C(=O)OC)C1(C)C. The van der Waals surface area contributed by atoms with Crippen LogP contribution in [0, 0.1) is 17.3 Å². The standard InChI is InChI=1S/C13H20O2/c1-6-7-9(2)8-10-11(12(14)15-5)13(10,3)4/h6-8,10-11H,1-5H3/t10-,11+/m1/s1. The molecule has 0 saturated heterocycles. The molecule has 15 heavy (non-hydrogen) atoms. The van der Waals surface area contributed by atoms with Gasteiger partial charge in [0.05, 0.1) is 13.0 Å². The summed E-state index contributed by atoms with van der Waals surface area (Å²) in [6.45, 7) is 8.27. The summed E-state index contributed by atoms with van der Waals surface area (Å²) >= 11 is 0. The van der Waals surface area contributed by atoms with Crippen LogP contribution in [0.1, 0.15) is 27.7 Å². The maximum atomic E-state index is 11.5. The number of carbonyl (C=O) groups excluding carboxylic acids is 1. The van der Waals surface area contributed by atoms with Crippen LogP contribution in [-0.4, -0.2) is 13.1 Å². The van der Waals surface area contributed by atoms with E-state index in [0.29, 0.717) is 5.92 Å². The molecule has 0 unspecified atom stereocenters. The Balaban J connectivity index is 2.75. The van der Waals surface area contributed by atoms with E-state index in [1.165, 1.54) is 12.7 Å². The Labute approximate surface area is 92.0 Å². The van der Waals surface area contributed by atoms with Crippen molar-refractivity contribution in [1.29, 1.82) is 0 Å². The zero-order chi connectivity index (χ0) is 11.6. The van der Waals surface area contributed by atoms with Crippen LogP contribution in [0.3, 0.4) is 0 Å². The van der Waals surface area contributed by atoms with Crippen LogP contribution in [0.15, 0.2) is 23.8 Å². The minimum absolute atomic E-state index is 0.0303. The summed E-state index contributed by atoms with van der Waals surface area (Å²) in [6.07, 6.45) is 6.23. The van der Waals surface area contributed by atoms with Gasteiger partial charge in [-0.25, -0.2) is 0 Å². The van der Waals surface area contributed by atoms with Crippen molar-refractivity contribution in [3.63, 3.8) is 0 Å². The van der Waals surface area contributed by atoms with Crippen molar-refractivity contribution in [2.24, 2.45) is 17.3 Å². The number of hydrogen-bond donors (Lipinski definition) is 0. The maximum absolute atomic E-state index is 11.5. The average Bonchev–Trinajstić information content (AvgIpc) is 2.67. The molecular weight excluding hydrogens is 188 g/mol. The highest BCUT2D eigenvalue weighted by molar-refractivity contribution is 5.78. The van der Waals surface area contributed by atoms with Gasteiger partial charge in [-0.15, -0.1) is 0 Å². The second-order valence-corrected chi connectivity index (χ2v) is 4.76. The van der Waals surface area contributed by atoms with E-state index in [1.807, 2.05) is 13.0 Å². The lowest BCUT2D eigenvalue weighted by molar-refractivity contribution is -0.143. The fourth-order valence-electron chi connectivity index (χ4n) is 2.17. The Morgan fingerprint density at radius 3 is 2.47 bits per heavy atom. The highest BCUT2D eigenvalue weighted by Crippen LogP contribution is 2.59. The predicted octanol–water partition coefficient (Wildman–Crippen LogP) is 2.95. The largest absolute Gasteiger partial charge is 0.469 e. The second kappa shape index (κ2) is 4.21. The average molecular weight is 208 g/mol. The Kier molecular flexibility index (Phi) is 3.38. The molecular formula is C13H20O2. The van der Waals surface area contributed by atoms with Crippen LogP contribution in [0.25, 0.3) is 0 Å². The first-order valence-electron chi connectivity index (χ1n) is 5.34. The minimum atomic E-state index is -0.0884. The number of esters is 1. The second-order valence-electron chi connectivity index (χ2n) is 4.76. The minimum Gasteiger partial charge on any atom is -0.469 e. The van der Waals surface area contributed by atoms with E-state index >= 15 is 0 Å². The van der Waals surface area contributed by atoms with E-state index in [2.05, 4.69) is 32.9 Å². The van der Waals surface area contributed by atoms with Crippen molar-refractivity contribution < 1.29 is 9.53 Å². The van der Waals surface area contributed by atoms with Crippen LogP contribution in [0.2, 0.25) is 0 Å². The number of methoxy groups -OCH3 is 1. The van der Waals surface area contributed by atoms with Gasteiger partial charge in [-0.2, -0.15) is 0 Å². The third-order valence-corrected chi connectivity index (χ3v) is 3.24. The van der Waals surface area contributed by atoms with Gasteiger partial charge in [0.25, 0.3) is 0 Å². The first-order valence-corrected chi connectivity index (χ1v) is 5.34. The van der Waals surface area contributed by atoms with Crippen molar-refractivity contribution >= 4 is 5.97 Å². The highest BCUT2D eigenvalue weighted by atomic mass is 16.5. The monoisotopic (exact) mass is 208 g/mol. The Bertz CT molecular complexity index is 310. The normalized spacial score (nSPS) is 29.3. The van der Waals surface area contributed by atoms with Gasteiger partial charge in [0, 0.05) is 0 Å². The molecule has 0 aromatic heterocycles. The summed E-state index contributed by atoms with van der Waals surface area (Å²) < 4.78 is 4.80. The molecule has 0 aliphatic heterocycles. The van der Waals surface area contributed by atoms with Crippen LogP contribution < -0.4 is 0 Å². The Morgan fingerprint density at radius 2 is 2.00 bits per heavy atom. The molecule has 0 aromatic carbocycles. The molecule has 1 saturated carbocycles. The fraction of sp³-hybridized carbons (Fsp3) is 0.615. The van der Waals surface area contributed by atoms with Crippen LogP contribution in [-0.2, 0) is 9.53 Å². The number of rotatable bonds is 3. The van der Waals surface area contributed by atoms with E-state index in [0.717, 1.165) is 0 Å². The van der Waals surface area contributed by atoms with Gasteiger partial charge in [0.1, 0.15) is 0 Å². The van der Waals surface area contributed by atoms with Crippen LogP contribution in [0.5, 0.6) is 0 Å². The molecule has 1 aliphatic rings. The van der Waals surface area contributed by atoms with Crippen molar-refractivity contribution in [3.8, 4) is 0 Å². The van der Waals surface area contributed by atoms with Gasteiger partial charge in [-0.3, -0.25) is 4.79 Å². The molecule has 0 aromatic rings. The van der Waals surface area contributed by atoms with Gasteiger partial charge < -0.3 is 4.74 Å². The Hall–Kier alpha value is -1.05. The molecule has 0 radical (unpaired) electrons. The van der Waals surface area contributed by atoms with Crippen LogP contribution in [0.4, 0.5) is 0 Å². The van der Waals surface area contributed by atoms with E-state index in [1.54, 1.807) is 0 Å². The van der Waals surface area contributed by atoms with E-state index in [9.17, 15) is 4.79 Å². The quantitative estimate of drug-likeness (QED) is 0.526.